The number of halogens is 6. The number of carboxylic acids is 1. The minimum absolute atomic E-state index is 0.529. The van der Waals surface area contributed by atoms with Gasteiger partial charge in [-0.05, 0) is 18.8 Å². The van der Waals surface area contributed by atoms with Gasteiger partial charge in [-0.1, -0.05) is 13.5 Å². The van der Waals surface area contributed by atoms with E-state index in [0.717, 1.165) is 6.92 Å². The van der Waals surface area contributed by atoms with E-state index in [2.05, 4.69) is 6.58 Å². The Morgan fingerprint density at radius 1 is 1.16 bits per heavy atom. The average molecular weight is 294 g/mol. The second kappa shape index (κ2) is 5.40. The molecule has 0 rings (SSSR count). The van der Waals surface area contributed by atoms with Crippen LogP contribution in [-0.4, -0.2) is 34.1 Å². The molecule has 0 heterocycles. The lowest BCUT2D eigenvalue weighted by Crippen LogP contribution is -2.57. The van der Waals surface area contributed by atoms with E-state index in [9.17, 15) is 31.1 Å². The molecular formula is C10H12F6O3. The normalized spacial score (nSPS) is 15.2. The third kappa shape index (κ3) is 4.12. The first-order valence-corrected chi connectivity index (χ1v) is 4.99. The maximum absolute atomic E-state index is 12.3. The van der Waals surface area contributed by atoms with Gasteiger partial charge < -0.3 is 10.2 Å². The number of alkyl halides is 6. The molecular weight excluding hydrogens is 282 g/mol. The van der Waals surface area contributed by atoms with Crippen molar-refractivity contribution in [2.24, 2.45) is 5.92 Å². The molecule has 0 saturated carbocycles. The standard InChI is InChI=1S/C10H12F6O3/c1-5(3-6(2)7(17)18)4-8(19,9(11,12)13)10(14,15)16/h5,19H,2-4H2,1H3,(H,17,18). The monoisotopic (exact) mass is 294 g/mol. The predicted molar refractivity (Wildman–Crippen MR) is 52.2 cm³/mol. The van der Waals surface area contributed by atoms with Gasteiger partial charge in [-0.25, -0.2) is 4.79 Å². The summed E-state index contributed by atoms with van der Waals surface area (Å²) in [6.07, 6.45) is -14.1. The zero-order valence-electron chi connectivity index (χ0n) is 9.77. The summed E-state index contributed by atoms with van der Waals surface area (Å²) in [6.45, 7) is 3.97. The zero-order chi connectivity index (χ0) is 15.6. The van der Waals surface area contributed by atoms with E-state index in [1.54, 1.807) is 0 Å². The van der Waals surface area contributed by atoms with E-state index >= 15 is 0 Å². The summed E-state index contributed by atoms with van der Waals surface area (Å²) in [6, 6.07) is 0. The third-order valence-electron chi connectivity index (χ3n) is 2.48. The van der Waals surface area contributed by atoms with Gasteiger partial charge in [0.05, 0.1) is 0 Å². The number of carboxylic acid groups (broad SMARTS) is 1. The third-order valence-corrected chi connectivity index (χ3v) is 2.48. The highest BCUT2D eigenvalue weighted by atomic mass is 19.4. The van der Waals surface area contributed by atoms with Crippen LogP contribution in [0.2, 0.25) is 0 Å². The highest BCUT2D eigenvalue weighted by Crippen LogP contribution is 2.47. The smallest absolute Gasteiger partial charge is 0.426 e. The van der Waals surface area contributed by atoms with Gasteiger partial charge in [0, 0.05) is 5.57 Å². The molecule has 0 aromatic heterocycles. The largest absolute Gasteiger partial charge is 0.478 e. The molecule has 112 valence electrons. The summed E-state index contributed by atoms with van der Waals surface area (Å²) < 4.78 is 74.1. The quantitative estimate of drug-likeness (QED) is 0.605. The lowest BCUT2D eigenvalue weighted by atomic mass is 9.86. The fourth-order valence-electron chi connectivity index (χ4n) is 1.48. The minimum atomic E-state index is -5.90. The molecule has 19 heavy (non-hydrogen) atoms. The molecule has 0 fully saturated rings. The Hall–Kier alpha value is -1.25. The summed E-state index contributed by atoms with van der Waals surface area (Å²) in [5.74, 6) is -2.88. The predicted octanol–water partition coefficient (Wildman–Crippen LogP) is 2.90. The number of hydrogen-bond donors (Lipinski definition) is 2. The van der Waals surface area contributed by atoms with Gasteiger partial charge in [0.2, 0.25) is 0 Å². The average Bonchev–Trinajstić information content (AvgIpc) is 2.13. The van der Waals surface area contributed by atoms with Crippen LogP contribution in [0.1, 0.15) is 19.8 Å². The molecule has 0 amide bonds. The van der Waals surface area contributed by atoms with Crippen molar-refractivity contribution in [1.82, 2.24) is 0 Å². The van der Waals surface area contributed by atoms with Crippen molar-refractivity contribution in [1.29, 1.82) is 0 Å². The number of rotatable bonds is 5. The Morgan fingerprint density at radius 3 is 1.79 bits per heavy atom. The first kappa shape index (κ1) is 17.8. The summed E-state index contributed by atoms with van der Waals surface area (Å²) in [4.78, 5) is 10.4. The fourth-order valence-corrected chi connectivity index (χ4v) is 1.48. The van der Waals surface area contributed by atoms with Crippen LogP contribution in [-0.2, 0) is 4.79 Å². The van der Waals surface area contributed by atoms with Gasteiger partial charge in [-0.3, -0.25) is 0 Å². The SMILES string of the molecule is C=C(CC(C)CC(O)(C(F)(F)F)C(F)(F)F)C(=O)O. The number of hydrogen-bond acceptors (Lipinski definition) is 2. The van der Waals surface area contributed by atoms with E-state index in [1.807, 2.05) is 0 Å². The van der Waals surface area contributed by atoms with Crippen LogP contribution in [0.4, 0.5) is 26.3 Å². The second-order valence-corrected chi connectivity index (χ2v) is 4.28. The maximum Gasteiger partial charge on any atom is 0.426 e. The molecule has 0 saturated heterocycles. The summed E-state index contributed by atoms with van der Waals surface area (Å²) in [5.41, 5.74) is -5.39. The molecule has 2 N–H and O–H groups in total. The second-order valence-electron chi connectivity index (χ2n) is 4.28. The molecule has 0 aromatic rings. The minimum Gasteiger partial charge on any atom is -0.478 e. The fraction of sp³-hybridized carbons (Fsp3) is 0.700. The topological polar surface area (TPSA) is 57.5 Å². The Bertz CT molecular complexity index is 343. The zero-order valence-corrected chi connectivity index (χ0v) is 9.77. The van der Waals surface area contributed by atoms with Crippen LogP contribution in [0.25, 0.3) is 0 Å². The highest BCUT2D eigenvalue weighted by Gasteiger charge is 2.70. The van der Waals surface area contributed by atoms with Crippen LogP contribution in [0.5, 0.6) is 0 Å². The molecule has 0 aliphatic carbocycles. The Kier molecular flexibility index (Phi) is 5.04. The molecule has 0 aromatic carbocycles. The molecule has 0 aliphatic heterocycles. The van der Waals surface area contributed by atoms with Crippen molar-refractivity contribution < 1.29 is 41.4 Å². The van der Waals surface area contributed by atoms with Gasteiger partial charge in [0.25, 0.3) is 5.60 Å². The van der Waals surface area contributed by atoms with Gasteiger partial charge in [0.15, 0.2) is 0 Å². The molecule has 1 unspecified atom stereocenters. The first-order chi connectivity index (χ1) is 8.22. The van der Waals surface area contributed by atoms with Crippen LogP contribution in [0.3, 0.4) is 0 Å². The molecule has 3 nitrogen and oxygen atoms in total. The van der Waals surface area contributed by atoms with Gasteiger partial charge in [0.1, 0.15) is 0 Å². The number of aliphatic hydroxyl groups is 1. The highest BCUT2D eigenvalue weighted by molar-refractivity contribution is 5.85. The number of carbonyl (C=O) groups is 1. The van der Waals surface area contributed by atoms with Crippen LogP contribution in [0.15, 0.2) is 12.2 Å². The lowest BCUT2D eigenvalue weighted by Gasteiger charge is -2.34. The van der Waals surface area contributed by atoms with Crippen LogP contribution < -0.4 is 0 Å². The number of aliphatic carboxylic acids is 1. The van der Waals surface area contributed by atoms with E-state index < -0.39 is 48.3 Å². The van der Waals surface area contributed by atoms with Crippen LogP contribution in [0, 0.1) is 5.92 Å². The van der Waals surface area contributed by atoms with Gasteiger partial charge in [-0.15, -0.1) is 0 Å². The lowest BCUT2D eigenvalue weighted by molar-refractivity contribution is -0.372. The van der Waals surface area contributed by atoms with Crippen molar-refractivity contribution in [2.75, 3.05) is 0 Å². The molecule has 9 heteroatoms. The van der Waals surface area contributed by atoms with Gasteiger partial charge >= 0.3 is 18.3 Å². The molecule has 0 radical (unpaired) electrons. The van der Waals surface area contributed by atoms with Crippen molar-refractivity contribution in [3.8, 4) is 0 Å². The van der Waals surface area contributed by atoms with Crippen molar-refractivity contribution >= 4 is 5.97 Å². The van der Waals surface area contributed by atoms with Crippen molar-refractivity contribution in [2.45, 2.75) is 37.7 Å². The molecule has 0 aliphatic rings. The van der Waals surface area contributed by atoms with Crippen LogP contribution >= 0.6 is 0 Å². The van der Waals surface area contributed by atoms with E-state index in [4.69, 9.17) is 10.2 Å². The van der Waals surface area contributed by atoms with E-state index in [-0.39, 0.29) is 0 Å². The van der Waals surface area contributed by atoms with Crippen molar-refractivity contribution in [3.63, 3.8) is 0 Å². The maximum atomic E-state index is 12.3. The van der Waals surface area contributed by atoms with E-state index in [0.29, 0.717) is 0 Å². The Labute approximate surface area is 104 Å². The molecule has 1 atom stereocenters. The Morgan fingerprint density at radius 2 is 1.53 bits per heavy atom. The summed E-state index contributed by atoms with van der Waals surface area (Å²) >= 11 is 0. The van der Waals surface area contributed by atoms with Gasteiger partial charge in [-0.2, -0.15) is 26.3 Å². The molecule has 0 bridgehead atoms. The first-order valence-electron chi connectivity index (χ1n) is 4.99. The van der Waals surface area contributed by atoms with E-state index in [1.165, 1.54) is 0 Å². The molecule has 0 spiro atoms. The van der Waals surface area contributed by atoms with Crippen molar-refractivity contribution in [3.05, 3.63) is 12.2 Å². The Balaban J connectivity index is 5.07. The summed E-state index contributed by atoms with van der Waals surface area (Å²) in [5, 5.41) is 17.3. The summed E-state index contributed by atoms with van der Waals surface area (Å²) in [7, 11) is 0.